The van der Waals surface area contributed by atoms with Crippen LogP contribution in [0.3, 0.4) is 0 Å². The molecule has 0 aromatic heterocycles. The van der Waals surface area contributed by atoms with Gasteiger partial charge in [0.1, 0.15) is 5.75 Å². The minimum atomic E-state index is -4.69. The Morgan fingerprint density at radius 3 is 2.39 bits per heavy atom. The molecule has 0 bridgehead atoms. The van der Waals surface area contributed by atoms with Crippen molar-refractivity contribution < 1.29 is 17.9 Å². The van der Waals surface area contributed by atoms with E-state index < -0.39 is 6.36 Å². The lowest BCUT2D eigenvalue weighted by Crippen LogP contribution is -2.43. The smallest absolute Gasteiger partial charge is 0.406 e. The van der Waals surface area contributed by atoms with Crippen LogP contribution in [-0.4, -0.2) is 43.7 Å². The Kier molecular flexibility index (Phi) is 5.49. The molecule has 23 heavy (non-hydrogen) atoms. The average Bonchev–Trinajstić information content (AvgIpc) is 2.48. The highest BCUT2D eigenvalue weighted by Gasteiger charge is 2.30. The molecule has 0 radical (unpaired) electrons. The Morgan fingerprint density at radius 2 is 1.87 bits per heavy atom. The van der Waals surface area contributed by atoms with E-state index in [4.69, 9.17) is 5.73 Å². The van der Waals surface area contributed by atoms with Gasteiger partial charge in [-0.05, 0) is 31.2 Å². The Hall–Kier alpha value is -2.22. The van der Waals surface area contributed by atoms with Gasteiger partial charge in [-0.15, -0.1) is 13.2 Å². The summed E-state index contributed by atoms with van der Waals surface area (Å²) in [6.07, 6.45) is -3.06. The third-order valence-corrected chi connectivity index (χ3v) is 3.27. The predicted molar refractivity (Wildman–Crippen MR) is 82.6 cm³/mol. The van der Waals surface area contributed by atoms with E-state index >= 15 is 0 Å². The standard InChI is InChI=1S/C15H19F3N4O/c1-11(19)14(22-8-6-20-7-9-22)10-21-12-2-4-13(5-3-12)23-15(16,17)18/h2-5,10,20H,6-9,19H2,1H3/b14-11+,21-10?. The second-order valence-corrected chi connectivity index (χ2v) is 5.11. The normalized spacial score (nSPS) is 17.3. The molecule has 2 rings (SSSR count). The van der Waals surface area contributed by atoms with Gasteiger partial charge in [-0.25, -0.2) is 0 Å². The van der Waals surface area contributed by atoms with Crippen LogP contribution in [-0.2, 0) is 0 Å². The van der Waals surface area contributed by atoms with Crippen molar-refractivity contribution in [2.24, 2.45) is 10.7 Å². The van der Waals surface area contributed by atoms with Gasteiger partial charge in [0.05, 0.1) is 17.6 Å². The fraction of sp³-hybridized carbons (Fsp3) is 0.400. The van der Waals surface area contributed by atoms with Crippen LogP contribution < -0.4 is 15.8 Å². The molecule has 1 fully saturated rings. The third kappa shape index (κ3) is 5.48. The molecule has 1 aromatic carbocycles. The lowest BCUT2D eigenvalue weighted by atomic mass is 10.2. The molecule has 1 aliphatic heterocycles. The lowest BCUT2D eigenvalue weighted by molar-refractivity contribution is -0.274. The second kappa shape index (κ2) is 7.36. The van der Waals surface area contributed by atoms with E-state index in [1.54, 1.807) is 13.1 Å². The molecule has 1 aromatic rings. The van der Waals surface area contributed by atoms with Gasteiger partial charge in [0.15, 0.2) is 0 Å². The monoisotopic (exact) mass is 328 g/mol. The summed E-state index contributed by atoms with van der Waals surface area (Å²) < 4.78 is 40.1. The van der Waals surface area contributed by atoms with E-state index in [9.17, 15) is 13.2 Å². The predicted octanol–water partition coefficient (Wildman–Crippen LogP) is 2.38. The zero-order chi connectivity index (χ0) is 16.9. The van der Waals surface area contributed by atoms with Gasteiger partial charge < -0.3 is 20.7 Å². The van der Waals surface area contributed by atoms with E-state index in [0.717, 1.165) is 31.9 Å². The molecule has 1 aliphatic rings. The first-order chi connectivity index (χ1) is 10.8. The number of rotatable bonds is 4. The van der Waals surface area contributed by atoms with Crippen LogP contribution >= 0.6 is 0 Å². The Morgan fingerprint density at radius 1 is 1.26 bits per heavy atom. The number of nitrogens with one attached hydrogen (secondary N) is 1. The fourth-order valence-electron chi connectivity index (χ4n) is 2.21. The van der Waals surface area contributed by atoms with Crippen LogP contribution in [0.5, 0.6) is 5.75 Å². The maximum Gasteiger partial charge on any atom is 0.573 e. The number of nitrogens with zero attached hydrogens (tertiary/aromatic N) is 2. The molecule has 126 valence electrons. The van der Waals surface area contributed by atoms with Crippen molar-refractivity contribution >= 4 is 11.9 Å². The van der Waals surface area contributed by atoms with Crippen LogP contribution in [0.2, 0.25) is 0 Å². The zero-order valence-corrected chi connectivity index (χ0v) is 12.7. The van der Waals surface area contributed by atoms with Crippen molar-refractivity contribution in [2.45, 2.75) is 13.3 Å². The number of halogens is 3. The summed E-state index contributed by atoms with van der Waals surface area (Å²) >= 11 is 0. The first-order valence-electron chi connectivity index (χ1n) is 7.17. The quantitative estimate of drug-likeness (QED) is 0.833. The van der Waals surface area contributed by atoms with Crippen molar-refractivity contribution in [3.8, 4) is 5.75 Å². The summed E-state index contributed by atoms with van der Waals surface area (Å²) in [5.74, 6) is -0.274. The number of allylic oxidation sites excluding steroid dienone is 2. The van der Waals surface area contributed by atoms with Gasteiger partial charge in [0, 0.05) is 31.9 Å². The molecule has 5 nitrogen and oxygen atoms in total. The molecule has 8 heteroatoms. The third-order valence-electron chi connectivity index (χ3n) is 3.27. The number of ether oxygens (including phenoxy) is 1. The highest BCUT2D eigenvalue weighted by Crippen LogP contribution is 2.25. The van der Waals surface area contributed by atoms with Crippen molar-refractivity contribution in [2.75, 3.05) is 26.2 Å². The topological polar surface area (TPSA) is 62.9 Å². The Labute approximate surface area is 132 Å². The highest BCUT2D eigenvalue weighted by molar-refractivity contribution is 5.81. The first kappa shape index (κ1) is 17.1. The second-order valence-electron chi connectivity index (χ2n) is 5.11. The van der Waals surface area contributed by atoms with Crippen molar-refractivity contribution in [1.82, 2.24) is 10.2 Å². The number of piperazine rings is 1. The van der Waals surface area contributed by atoms with Crippen LogP contribution in [0.15, 0.2) is 40.7 Å². The van der Waals surface area contributed by atoms with Crippen LogP contribution in [0.1, 0.15) is 6.92 Å². The van der Waals surface area contributed by atoms with E-state index in [2.05, 4.69) is 19.9 Å². The average molecular weight is 328 g/mol. The van der Waals surface area contributed by atoms with Crippen LogP contribution in [0.4, 0.5) is 18.9 Å². The summed E-state index contributed by atoms with van der Waals surface area (Å²) in [6.45, 7) is 5.19. The number of benzene rings is 1. The number of nitrogens with two attached hydrogens (primary N) is 1. The van der Waals surface area contributed by atoms with E-state index in [1.807, 2.05) is 0 Å². The maximum absolute atomic E-state index is 12.1. The SMILES string of the molecule is C/C(N)=C(/C=Nc1ccc(OC(F)(F)F)cc1)N1CCNCC1. The van der Waals surface area contributed by atoms with Gasteiger partial charge in [-0.1, -0.05) is 0 Å². The number of hydrogen-bond acceptors (Lipinski definition) is 5. The number of alkyl halides is 3. The zero-order valence-electron chi connectivity index (χ0n) is 12.7. The van der Waals surface area contributed by atoms with E-state index in [-0.39, 0.29) is 5.75 Å². The van der Waals surface area contributed by atoms with Crippen molar-refractivity contribution in [3.05, 3.63) is 35.7 Å². The van der Waals surface area contributed by atoms with Crippen LogP contribution in [0.25, 0.3) is 0 Å². The van der Waals surface area contributed by atoms with Gasteiger partial charge in [0.2, 0.25) is 0 Å². The minimum Gasteiger partial charge on any atom is -0.406 e. The molecule has 1 saturated heterocycles. The number of hydrogen-bond donors (Lipinski definition) is 2. The molecule has 0 spiro atoms. The first-order valence-corrected chi connectivity index (χ1v) is 7.17. The van der Waals surface area contributed by atoms with Gasteiger partial charge in [-0.2, -0.15) is 0 Å². The molecule has 1 heterocycles. The summed E-state index contributed by atoms with van der Waals surface area (Å²) in [5.41, 5.74) is 7.90. The number of aliphatic imine (C=N–C) groups is 1. The Bertz CT molecular complexity index is 571. The van der Waals surface area contributed by atoms with E-state index in [0.29, 0.717) is 11.4 Å². The van der Waals surface area contributed by atoms with Crippen LogP contribution in [0, 0.1) is 0 Å². The van der Waals surface area contributed by atoms with Gasteiger partial charge in [-0.3, -0.25) is 4.99 Å². The molecule has 0 aliphatic carbocycles. The minimum absolute atomic E-state index is 0.274. The highest BCUT2D eigenvalue weighted by atomic mass is 19.4. The molecule has 0 atom stereocenters. The Balaban J connectivity index is 2.07. The summed E-state index contributed by atoms with van der Waals surface area (Å²) in [6, 6.07) is 5.37. The molecule has 0 saturated carbocycles. The van der Waals surface area contributed by atoms with Gasteiger partial charge >= 0.3 is 6.36 Å². The maximum atomic E-state index is 12.1. The largest absolute Gasteiger partial charge is 0.573 e. The molecule has 3 N–H and O–H groups in total. The summed E-state index contributed by atoms with van der Waals surface area (Å²) in [4.78, 5) is 6.40. The molecule has 0 amide bonds. The fourth-order valence-corrected chi connectivity index (χ4v) is 2.21. The van der Waals surface area contributed by atoms with Crippen molar-refractivity contribution in [3.63, 3.8) is 0 Å². The molecular weight excluding hydrogens is 309 g/mol. The van der Waals surface area contributed by atoms with E-state index in [1.165, 1.54) is 24.3 Å². The lowest BCUT2D eigenvalue weighted by Gasteiger charge is -2.30. The summed E-state index contributed by atoms with van der Waals surface area (Å²) in [7, 11) is 0. The molecule has 0 unspecified atom stereocenters. The summed E-state index contributed by atoms with van der Waals surface area (Å²) in [5, 5.41) is 3.25. The molecular formula is C15H19F3N4O. The van der Waals surface area contributed by atoms with Gasteiger partial charge in [0.25, 0.3) is 0 Å². The van der Waals surface area contributed by atoms with Crippen molar-refractivity contribution in [1.29, 1.82) is 0 Å².